The van der Waals surface area contributed by atoms with Crippen LogP contribution < -0.4 is 0 Å². The highest BCUT2D eigenvalue weighted by atomic mass is 32.2. The quantitative estimate of drug-likeness (QED) is 0.491. The standard InChI is InChI=1S/C23H34O12S2/c24-22(19-1-3-20(4-2-19)23(25)26)21-17-36(27,28)15-13-34-11-9-32-7-5-31-6-8-33-10-12-35-14-16-37(29,30)18-21/h1-4,21H,5-18H2,(H,25,26). The zero-order valence-corrected chi connectivity index (χ0v) is 22.2. The molecule has 1 aliphatic rings. The molecule has 0 atom stereocenters. The molecule has 12 nitrogen and oxygen atoms in total. The Morgan fingerprint density at radius 3 is 1.27 bits per heavy atom. The van der Waals surface area contributed by atoms with E-state index in [-0.39, 0.29) is 50.8 Å². The minimum atomic E-state index is -3.87. The third kappa shape index (κ3) is 12.9. The highest BCUT2D eigenvalue weighted by molar-refractivity contribution is 7.92. The normalized spacial score (nSPS) is 22.2. The molecule has 14 heteroatoms. The first-order valence-electron chi connectivity index (χ1n) is 11.8. The van der Waals surface area contributed by atoms with Gasteiger partial charge >= 0.3 is 5.97 Å². The second kappa shape index (κ2) is 16.1. The Morgan fingerprint density at radius 1 is 0.595 bits per heavy atom. The molecule has 0 radical (unpaired) electrons. The molecule has 1 aliphatic heterocycles. The minimum absolute atomic E-state index is 0.0209. The van der Waals surface area contributed by atoms with Crippen molar-refractivity contribution >= 4 is 31.4 Å². The number of ether oxygens (including phenoxy) is 5. The number of rotatable bonds is 3. The van der Waals surface area contributed by atoms with Crippen LogP contribution in [0, 0.1) is 5.92 Å². The number of carbonyl (C=O) groups excluding carboxylic acids is 1. The van der Waals surface area contributed by atoms with E-state index in [1.807, 2.05) is 0 Å². The molecule has 1 saturated heterocycles. The van der Waals surface area contributed by atoms with Gasteiger partial charge in [-0.15, -0.1) is 0 Å². The fraction of sp³-hybridized carbons (Fsp3) is 0.652. The van der Waals surface area contributed by atoms with E-state index in [1.54, 1.807) is 0 Å². The van der Waals surface area contributed by atoms with Gasteiger partial charge in [0.05, 0.1) is 101 Å². The van der Waals surface area contributed by atoms with Gasteiger partial charge < -0.3 is 28.8 Å². The Kier molecular flexibility index (Phi) is 13.6. The zero-order valence-electron chi connectivity index (χ0n) is 20.5. The summed E-state index contributed by atoms with van der Waals surface area (Å²) in [6.07, 6.45) is 0. The SMILES string of the molecule is O=C(O)c1ccc(C(=O)C2CS(=O)(=O)CCOCCOCCOCCOCCOCCS(=O)(=O)C2)cc1. The highest BCUT2D eigenvalue weighted by Gasteiger charge is 2.31. The molecule has 0 spiro atoms. The van der Waals surface area contributed by atoms with Crippen LogP contribution >= 0.6 is 0 Å². The molecule has 1 fully saturated rings. The van der Waals surface area contributed by atoms with Crippen molar-refractivity contribution in [1.82, 2.24) is 0 Å². The molecule has 1 aromatic rings. The van der Waals surface area contributed by atoms with Gasteiger partial charge in [0, 0.05) is 5.56 Å². The summed E-state index contributed by atoms with van der Waals surface area (Å²) in [5.74, 6) is -5.47. The monoisotopic (exact) mass is 566 g/mol. The molecule has 2 rings (SSSR count). The third-order valence-corrected chi connectivity index (χ3v) is 8.66. The van der Waals surface area contributed by atoms with Crippen molar-refractivity contribution < 1.29 is 55.2 Å². The van der Waals surface area contributed by atoms with E-state index in [2.05, 4.69) is 0 Å². The van der Waals surface area contributed by atoms with Crippen LogP contribution in [0.2, 0.25) is 0 Å². The van der Waals surface area contributed by atoms with Gasteiger partial charge in [0.25, 0.3) is 0 Å². The number of aromatic carboxylic acids is 1. The smallest absolute Gasteiger partial charge is 0.335 e. The lowest BCUT2D eigenvalue weighted by atomic mass is 10.00. The highest BCUT2D eigenvalue weighted by Crippen LogP contribution is 2.16. The van der Waals surface area contributed by atoms with E-state index >= 15 is 0 Å². The van der Waals surface area contributed by atoms with Crippen LogP contribution in [0.25, 0.3) is 0 Å². The Balaban J connectivity index is 2.12. The molecule has 1 aromatic carbocycles. The predicted molar refractivity (Wildman–Crippen MR) is 133 cm³/mol. The number of ketones is 1. The summed E-state index contributed by atoms with van der Waals surface area (Å²) < 4.78 is 77.5. The maximum absolute atomic E-state index is 13.1. The average molecular weight is 567 g/mol. The van der Waals surface area contributed by atoms with Crippen molar-refractivity contribution in [3.63, 3.8) is 0 Å². The second-order valence-corrected chi connectivity index (χ2v) is 12.7. The summed E-state index contributed by atoms with van der Waals surface area (Å²) in [6.45, 7) is 1.92. The number of hydrogen-bond acceptors (Lipinski definition) is 11. The van der Waals surface area contributed by atoms with Crippen molar-refractivity contribution in [3.05, 3.63) is 35.4 Å². The van der Waals surface area contributed by atoms with Crippen LogP contribution in [0.15, 0.2) is 24.3 Å². The van der Waals surface area contributed by atoms with Crippen molar-refractivity contribution in [2.75, 3.05) is 89.1 Å². The van der Waals surface area contributed by atoms with E-state index in [9.17, 15) is 26.4 Å². The molecule has 0 bridgehead atoms. The summed E-state index contributed by atoms with van der Waals surface area (Å²) in [4.78, 5) is 24.2. The zero-order chi connectivity index (χ0) is 27.2. The summed E-state index contributed by atoms with van der Waals surface area (Å²) in [5.41, 5.74) is -0.0401. The molecular weight excluding hydrogens is 532 g/mol. The molecule has 0 saturated carbocycles. The second-order valence-electron chi connectivity index (χ2n) is 8.23. The number of Topliss-reactive ketones (excluding diaryl/α,β-unsaturated/α-hetero) is 1. The largest absolute Gasteiger partial charge is 0.478 e. The van der Waals surface area contributed by atoms with Crippen LogP contribution in [0.4, 0.5) is 0 Å². The summed E-state index contributed by atoms with van der Waals surface area (Å²) in [7, 11) is -7.73. The summed E-state index contributed by atoms with van der Waals surface area (Å²) in [6, 6.07) is 4.88. The Morgan fingerprint density at radius 2 is 0.919 bits per heavy atom. The van der Waals surface area contributed by atoms with Crippen molar-refractivity contribution in [2.45, 2.75) is 0 Å². The molecule has 0 amide bonds. The predicted octanol–water partition coefficient (Wildman–Crippen LogP) is 0.110. The van der Waals surface area contributed by atoms with Crippen molar-refractivity contribution in [2.24, 2.45) is 5.92 Å². The van der Waals surface area contributed by atoms with Gasteiger partial charge in [-0.3, -0.25) is 4.79 Å². The van der Waals surface area contributed by atoms with E-state index < -0.39 is 60.4 Å². The van der Waals surface area contributed by atoms with Gasteiger partial charge in [0.1, 0.15) is 0 Å². The maximum atomic E-state index is 13.1. The first kappa shape index (κ1) is 31.3. The Labute approximate surface area is 217 Å². The van der Waals surface area contributed by atoms with Crippen molar-refractivity contribution in [3.8, 4) is 0 Å². The topological polar surface area (TPSA) is 169 Å². The number of carboxylic acid groups (broad SMARTS) is 1. The lowest BCUT2D eigenvalue weighted by molar-refractivity contribution is -0.00914. The van der Waals surface area contributed by atoms with E-state index in [1.165, 1.54) is 24.3 Å². The first-order valence-corrected chi connectivity index (χ1v) is 15.4. The molecule has 0 aliphatic carbocycles. The fourth-order valence-corrected chi connectivity index (χ4v) is 6.34. The fourth-order valence-electron chi connectivity index (χ4n) is 3.35. The van der Waals surface area contributed by atoms with Crippen LogP contribution in [0.3, 0.4) is 0 Å². The lowest BCUT2D eigenvalue weighted by Gasteiger charge is -2.17. The molecular formula is C23H34O12S2. The van der Waals surface area contributed by atoms with Gasteiger partial charge in [-0.05, 0) is 12.1 Å². The number of sulfone groups is 2. The van der Waals surface area contributed by atoms with Gasteiger partial charge in [-0.25, -0.2) is 21.6 Å². The number of hydrogen-bond donors (Lipinski definition) is 1. The molecule has 0 unspecified atom stereocenters. The maximum Gasteiger partial charge on any atom is 0.335 e. The molecule has 37 heavy (non-hydrogen) atoms. The van der Waals surface area contributed by atoms with Crippen LogP contribution in [-0.4, -0.2) is 123 Å². The van der Waals surface area contributed by atoms with Gasteiger partial charge in [-0.2, -0.15) is 0 Å². The van der Waals surface area contributed by atoms with Gasteiger partial charge in [0.15, 0.2) is 25.5 Å². The minimum Gasteiger partial charge on any atom is -0.478 e. The van der Waals surface area contributed by atoms with E-state index in [4.69, 9.17) is 28.8 Å². The molecule has 210 valence electrons. The van der Waals surface area contributed by atoms with Crippen molar-refractivity contribution in [1.29, 1.82) is 0 Å². The number of benzene rings is 1. The Hall–Kier alpha value is -1.94. The van der Waals surface area contributed by atoms with Crippen LogP contribution in [0.5, 0.6) is 0 Å². The molecule has 1 N–H and O–H groups in total. The van der Waals surface area contributed by atoms with E-state index in [0.29, 0.717) is 26.4 Å². The molecule has 1 heterocycles. The third-order valence-electron chi connectivity index (χ3n) is 5.26. The average Bonchev–Trinajstić information content (AvgIpc) is 2.84. The van der Waals surface area contributed by atoms with Crippen LogP contribution in [-0.2, 0) is 43.4 Å². The van der Waals surface area contributed by atoms with Gasteiger partial charge in [0.2, 0.25) is 0 Å². The summed E-state index contributed by atoms with van der Waals surface area (Å²) in [5, 5.41) is 9.06. The summed E-state index contributed by atoms with van der Waals surface area (Å²) >= 11 is 0. The molecule has 0 aromatic heterocycles. The number of carbonyl (C=O) groups is 2. The van der Waals surface area contributed by atoms with Gasteiger partial charge in [-0.1, -0.05) is 12.1 Å². The Bertz CT molecular complexity index is 1000. The lowest BCUT2D eigenvalue weighted by Crippen LogP contribution is -2.34. The first-order chi connectivity index (χ1) is 17.6. The number of carboxylic acids is 1. The van der Waals surface area contributed by atoms with E-state index in [0.717, 1.165) is 0 Å². The van der Waals surface area contributed by atoms with Crippen LogP contribution in [0.1, 0.15) is 20.7 Å².